The van der Waals surface area contributed by atoms with Crippen molar-refractivity contribution < 1.29 is 23.4 Å². The largest absolute Gasteiger partial charge is 0.493 e. The van der Waals surface area contributed by atoms with Gasteiger partial charge in [-0.2, -0.15) is 0 Å². The smallest absolute Gasteiger partial charge is 0.262 e. The number of amides is 1. The van der Waals surface area contributed by atoms with Crippen molar-refractivity contribution in [1.82, 2.24) is 15.3 Å². The number of hydrogen-bond acceptors (Lipinski definition) is 7. The average Bonchev–Trinajstić information content (AvgIpc) is 3.02. The Balaban J connectivity index is 1.89. The molecule has 0 spiro atoms. The number of aryl methyl sites for hydroxylation is 1. The van der Waals surface area contributed by atoms with Gasteiger partial charge in [0.15, 0.2) is 11.5 Å². The van der Waals surface area contributed by atoms with Crippen LogP contribution in [0.4, 0.5) is 0 Å². The van der Waals surface area contributed by atoms with Crippen molar-refractivity contribution >= 4 is 17.0 Å². The fourth-order valence-corrected chi connectivity index (χ4v) is 2.83. The maximum Gasteiger partial charge on any atom is 0.262 e. The first kappa shape index (κ1) is 18.3. The summed E-state index contributed by atoms with van der Waals surface area (Å²) in [6, 6.07) is 3.46. The number of ether oxygens (including phenoxy) is 3. The molecule has 0 atom stereocenters. The number of carbonyl (C=O) groups is 1. The maximum absolute atomic E-state index is 12.7. The fourth-order valence-electron chi connectivity index (χ4n) is 2.83. The highest BCUT2D eigenvalue weighted by molar-refractivity contribution is 6.06. The van der Waals surface area contributed by atoms with Gasteiger partial charge in [0.2, 0.25) is 11.5 Å². The molecule has 0 fully saturated rings. The monoisotopic (exact) mass is 373 g/mol. The molecular formula is C18H19N3O6. The quantitative estimate of drug-likeness (QED) is 0.676. The second-order valence-corrected chi connectivity index (χ2v) is 5.66. The van der Waals surface area contributed by atoms with Crippen molar-refractivity contribution in [3.63, 3.8) is 0 Å². The molecule has 2 N–H and O–H groups in total. The predicted octanol–water partition coefficient (Wildman–Crippen LogP) is 1.78. The van der Waals surface area contributed by atoms with Crippen molar-refractivity contribution in [3.8, 4) is 17.2 Å². The number of aromatic amines is 1. The summed E-state index contributed by atoms with van der Waals surface area (Å²) in [7, 11) is 4.54. The lowest BCUT2D eigenvalue weighted by atomic mass is 10.1. The maximum atomic E-state index is 12.7. The van der Waals surface area contributed by atoms with Crippen molar-refractivity contribution in [1.29, 1.82) is 0 Å². The van der Waals surface area contributed by atoms with Crippen LogP contribution in [-0.4, -0.2) is 37.2 Å². The van der Waals surface area contributed by atoms with Gasteiger partial charge in [-0.3, -0.25) is 9.59 Å². The van der Waals surface area contributed by atoms with E-state index in [4.69, 9.17) is 18.6 Å². The van der Waals surface area contributed by atoms with Gasteiger partial charge >= 0.3 is 0 Å². The lowest BCUT2D eigenvalue weighted by Gasteiger charge is -2.14. The van der Waals surface area contributed by atoms with E-state index in [9.17, 15) is 9.59 Å². The lowest BCUT2D eigenvalue weighted by molar-refractivity contribution is 0.0950. The van der Waals surface area contributed by atoms with Crippen LogP contribution in [0.3, 0.4) is 0 Å². The van der Waals surface area contributed by atoms with Crippen LogP contribution in [-0.2, 0) is 6.54 Å². The molecule has 9 nitrogen and oxygen atoms in total. The van der Waals surface area contributed by atoms with Crippen molar-refractivity contribution in [2.75, 3.05) is 21.3 Å². The van der Waals surface area contributed by atoms with Crippen LogP contribution in [0.25, 0.3) is 11.1 Å². The van der Waals surface area contributed by atoms with Crippen molar-refractivity contribution in [2.45, 2.75) is 13.5 Å². The molecule has 0 radical (unpaired) electrons. The SMILES string of the molecule is COc1cc(CNC(=O)c2c(C)oc3nc[nH]c(=O)c23)cc(OC)c1OC. The van der Waals surface area contributed by atoms with Crippen LogP contribution < -0.4 is 25.1 Å². The molecule has 2 heterocycles. The number of nitrogens with one attached hydrogen (secondary N) is 2. The third-order valence-corrected chi connectivity index (χ3v) is 4.07. The zero-order valence-corrected chi connectivity index (χ0v) is 15.3. The normalized spacial score (nSPS) is 10.7. The molecule has 142 valence electrons. The van der Waals surface area contributed by atoms with E-state index in [1.54, 1.807) is 19.1 Å². The Kier molecular flexibility index (Phi) is 5.02. The summed E-state index contributed by atoms with van der Waals surface area (Å²) < 4.78 is 21.3. The Morgan fingerprint density at radius 1 is 1.19 bits per heavy atom. The number of rotatable bonds is 6. The predicted molar refractivity (Wildman–Crippen MR) is 96.6 cm³/mol. The zero-order chi connectivity index (χ0) is 19.6. The van der Waals surface area contributed by atoms with Crippen LogP contribution >= 0.6 is 0 Å². The molecular weight excluding hydrogens is 354 g/mol. The van der Waals surface area contributed by atoms with E-state index in [2.05, 4.69) is 15.3 Å². The number of methoxy groups -OCH3 is 3. The first-order chi connectivity index (χ1) is 13.0. The highest BCUT2D eigenvalue weighted by Crippen LogP contribution is 2.38. The topological polar surface area (TPSA) is 116 Å². The van der Waals surface area contributed by atoms with E-state index >= 15 is 0 Å². The molecule has 0 aliphatic rings. The lowest BCUT2D eigenvalue weighted by Crippen LogP contribution is -2.24. The number of benzene rings is 1. The van der Waals surface area contributed by atoms with Gasteiger partial charge in [-0.1, -0.05) is 0 Å². The Hall–Kier alpha value is -3.49. The van der Waals surface area contributed by atoms with Gasteiger partial charge < -0.3 is 28.9 Å². The van der Waals surface area contributed by atoms with E-state index in [1.807, 2.05) is 0 Å². The fraction of sp³-hybridized carbons (Fsp3) is 0.278. The molecule has 3 aromatic rings. The third-order valence-electron chi connectivity index (χ3n) is 4.07. The Bertz CT molecular complexity index is 1030. The summed E-state index contributed by atoms with van der Waals surface area (Å²) in [5.41, 5.74) is 0.575. The minimum absolute atomic E-state index is 0.120. The Morgan fingerprint density at radius 3 is 2.44 bits per heavy atom. The molecule has 27 heavy (non-hydrogen) atoms. The van der Waals surface area contributed by atoms with Crippen LogP contribution in [0.2, 0.25) is 0 Å². The highest BCUT2D eigenvalue weighted by atomic mass is 16.5. The molecule has 0 unspecified atom stereocenters. The molecule has 2 aromatic heterocycles. The molecule has 1 aromatic carbocycles. The Labute approximate surface area is 154 Å². The van der Waals surface area contributed by atoms with Gasteiger partial charge in [-0.15, -0.1) is 0 Å². The van der Waals surface area contributed by atoms with Gasteiger partial charge in [0.05, 0.1) is 33.2 Å². The second-order valence-electron chi connectivity index (χ2n) is 5.66. The van der Waals surface area contributed by atoms with E-state index < -0.39 is 11.5 Å². The van der Waals surface area contributed by atoms with Crippen LogP contribution in [0.5, 0.6) is 17.2 Å². The zero-order valence-electron chi connectivity index (χ0n) is 15.3. The van der Waals surface area contributed by atoms with E-state index in [-0.39, 0.29) is 23.2 Å². The molecule has 1 amide bonds. The van der Waals surface area contributed by atoms with E-state index in [0.29, 0.717) is 23.0 Å². The van der Waals surface area contributed by atoms with Gasteiger partial charge in [-0.25, -0.2) is 4.98 Å². The number of hydrogen-bond donors (Lipinski definition) is 2. The summed E-state index contributed by atoms with van der Waals surface area (Å²) in [5, 5.41) is 2.89. The standard InChI is InChI=1S/C18H19N3O6/c1-9-13(14-17(23)20-8-21-18(14)27-9)16(22)19-7-10-5-11(24-2)15(26-4)12(6-10)25-3/h5-6,8H,7H2,1-4H3,(H,19,22)(H,20,21,23). The minimum Gasteiger partial charge on any atom is -0.493 e. The number of aromatic nitrogens is 2. The average molecular weight is 373 g/mol. The first-order valence-corrected chi connectivity index (χ1v) is 8.04. The number of carbonyl (C=O) groups excluding carboxylic acids is 1. The molecule has 0 aliphatic carbocycles. The molecule has 3 rings (SSSR count). The van der Waals surface area contributed by atoms with Gasteiger partial charge in [-0.05, 0) is 24.6 Å². The molecule has 0 saturated heterocycles. The first-order valence-electron chi connectivity index (χ1n) is 8.04. The number of furan rings is 1. The van der Waals surface area contributed by atoms with Gasteiger partial charge in [0.25, 0.3) is 11.5 Å². The van der Waals surface area contributed by atoms with Gasteiger partial charge in [0.1, 0.15) is 11.1 Å². The highest BCUT2D eigenvalue weighted by Gasteiger charge is 2.22. The summed E-state index contributed by atoms with van der Waals surface area (Å²) in [6.45, 7) is 1.79. The molecule has 0 aliphatic heterocycles. The summed E-state index contributed by atoms with van der Waals surface area (Å²) in [5.74, 6) is 1.29. The van der Waals surface area contributed by atoms with Crippen LogP contribution in [0, 0.1) is 6.92 Å². The summed E-state index contributed by atoms with van der Waals surface area (Å²) in [4.78, 5) is 31.1. The third kappa shape index (κ3) is 3.31. The molecule has 9 heteroatoms. The van der Waals surface area contributed by atoms with Gasteiger partial charge in [0, 0.05) is 6.54 Å². The minimum atomic E-state index is -0.446. The van der Waals surface area contributed by atoms with Crippen molar-refractivity contribution in [2.24, 2.45) is 0 Å². The van der Waals surface area contributed by atoms with Crippen LogP contribution in [0.1, 0.15) is 21.7 Å². The number of H-pyrrole nitrogens is 1. The molecule has 0 saturated carbocycles. The second kappa shape index (κ2) is 7.40. The number of nitrogens with zero attached hydrogens (tertiary/aromatic N) is 1. The van der Waals surface area contributed by atoms with Crippen LogP contribution in [0.15, 0.2) is 27.7 Å². The molecule has 0 bridgehead atoms. The Morgan fingerprint density at radius 2 is 1.85 bits per heavy atom. The summed E-state index contributed by atoms with van der Waals surface area (Å²) >= 11 is 0. The van der Waals surface area contributed by atoms with E-state index in [0.717, 1.165) is 5.56 Å². The van der Waals surface area contributed by atoms with Crippen molar-refractivity contribution in [3.05, 3.63) is 45.7 Å². The summed E-state index contributed by atoms with van der Waals surface area (Å²) in [6.07, 6.45) is 1.23. The van der Waals surface area contributed by atoms with E-state index in [1.165, 1.54) is 27.7 Å². The number of fused-ring (bicyclic) bond motifs is 1.